The van der Waals surface area contributed by atoms with Crippen LogP contribution in [0.2, 0.25) is 0 Å². The van der Waals surface area contributed by atoms with E-state index in [9.17, 15) is 14.0 Å². The van der Waals surface area contributed by atoms with Gasteiger partial charge in [-0.25, -0.2) is 14.2 Å². The lowest BCUT2D eigenvalue weighted by molar-refractivity contribution is -0.111. The van der Waals surface area contributed by atoms with E-state index >= 15 is 0 Å². The van der Waals surface area contributed by atoms with Gasteiger partial charge in [0, 0.05) is 36.8 Å². The Morgan fingerprint density at radius 2 is 1.83 bits per heavy atom. The minimum Gasteiger partial charge on any atom is -0.444 e. The van der Waals surface area contributed by atoms with Crippen molar-refractivity contribution in [2.45, 2.75) is 59.6 Å². The van der Waals surface area contributed by atoms with Crippen LogP contribution in [0.5, 0.6) is 0 Å². The summed E-state index contributed by atoms with van der Waals surface area (Å²) in [6.45, 7) is 14.5. The fourth-order valence-corrected chi connectivity index (χ4v) is 4.14. The van der Waals surface area contributed by atoms with Crippen molar-refractivity contribution in [2.24, 2.45) is 5.92 Å². The van der Waals surface area contributed by atoms with Gasteiger partial charge in [0.15, 0.2) is 0 Å². The summed E-state index contributed by atoms with van der Waals surface area (Å²) in [5.41, 5.74) is 1.17. The number of aromatic nitrogens is 2. The number of nitrogens with zero attached hydrogens (tertiary/aromatic N) is 3. The van der Waals surface area contributed by atoms with E-state index in [-0.39, 0.29) is 23.7 Å². The Kier molecular flexibility index (Phi) is 7.71. The number of allylic oxidation sites excluding steroid dienone is 2. The molecule has 2 aromatic rings. The maximum Gasteiger partial charge on any atom is 0.410 e. The average Bonchev–Trinajstić information content (AvgIpc) is 3.25. The number of ether oxygens (including phenoxy) is 1. The van der Waals surface area contributed by atoms with E-state index in [0.29, 0.717) is 42.4 Å². The molecule has 2 amide bonds. The number of piperazine rings is 1. The van der Waals surface area contributed by atoms with Crippen LogP contribution in [-0.2, 0) is 4.74 Å². The van der Waals surface area contributed by atoms with Crippen molar-refractivity contribution in [3.05, 3.63) is 59.4 Å². The second kappa shape index (κ2) is 10.2. The zero-order valence-corrected chi connectivity index (χ0v) is 22.2. The Labute approximate surface area is 212 Å². The lowest BCUT2D eigenvalue weighted by atomic mass is 9.98. The molecule has 1 saturated heterocycles. The van der Waals surface area contributed by atoms with Crippen LogP contribution >= 0.6 is 0 Å². The van der Waals surface area contributed by atoms with Crippen molar-refractivity contribution >= 4 is 23.3 Å². The predicted molar refractivity (Wildman–Crippen MR) is 137 cm³/mol. The van der Waals surface area contributed by atoms with Crippen LogP contribution in [0.15, 0.2) is 36.5 Å². The van der Waals surface area contributed by atoms with Crippen molar-refractivity contribution in [1.82, 2.24) is 19.8 Å². The molecule has 194 valence electrons. The van der Waals surface area contributed by atoms with E-state index < -0.39 is 11.1 Å². The number of nitrogens with one attached hydrogen (secondary N) is 1. The van der Waals surface area contributed by atoms with E-state index in [0.717, 1.165) is 5.57 Å². The van der Waals surface area contributed by atoms with E-state index in [1.807, 2.05) is 48.5 Å². The summed E-state index contributed by atoms with van der Waals surface area (Å²) in [7, 11) is 0. The molecule has 8 nitrogen and oxygen atoms in total. The van der Waals surface area contributed by atoms with Crippen molar-refractivity contribution < 1.29 is 24.1 Å². The maximum atomic E-state index is 13.4. The van der Waals surface area contributed by atoms with Crippen LogP contribution in [0.1, 0.15) is 70.3 Å². The van der Waals surface area contributed by atoms with E-state index in [2.05, 4.69) is 9.97 Å². The minimum atomic E-state index is -0.602. The van der Waals surface area contributed by atoms with Crippen molar-refractivity contribution in [2.75, 3.05) is 19.6 Å². The van der Waals surface area contributed by atoms with Gasteiger partial charge in [-0.15, -0.1) is 0 Å². The summed E-state index contributed by atoms with van der Waals surface area (Å²) in [6.07, 6.45) is 2.94. The molecule has 0 radical (unpaired) electrons. The maximum absolute atomic E-state index is 13.4. The standard InChI is InChI=1S/C27H36FN5O3/c1-17(2)20(14-21(29)18-8-10-19(28)11-9-18)23-30-15-22(31-23)24(34)33-13-12-32(16-27(33,6)7)25(35)36-26(3,4)5/h8-11,14-15,17,29H,12-13,16H2,1-7H3,(H,30,31)/p+1/b20-14-,29-21?. The number of H-pyrrole nitrogens is 1. The first-order valence-corrected chi connectivity index (χ1v) is 12.1. The second-order valence-corrected chi connectivity index (χ2v) is 11.0. The zero-order valence-electron chi connectivity index (χ0n) is 22.2. The Morgan fingerprint density at radius 1 is 1.19 bits per heavy atom. The SMILES string of the molecule is CC(C)/C(=C/C(=[NH2+])c1ccc(F)cc1)c1ncc(C(=O)N2CCN(C(=O)OC(C)(C)C)CC2(C)C)[nH]1. The number of benzene rings is 1. The first kappa shape index (κ1) is 27.1. The van der Waals surface area contributed by atoms with Gasteiger partial charge in [-0.2, -0.15) is 0 Å². The van der Waals surface area contributed by atoms with Gasteiger partial charge in [0.05, 0.1) is 11.7 Å². The molecule has 36 heavy (non-hydrogen) atoms. The number of halogens is 1. The molecule has 3 N–H and O–H groups in total. The summed E-state index contributed by atoms with van der Waals surface area (Å²) in [5.74, 6) is 0.0837. The molecule has 1 aliphatic rings. The highest BCUT2D eigenvalue weighted by molar-refractivity contribution is 6.08. The van der Waals surface area contributed by atoms with Crippen LogP contribution < -0.4 is 5.41 Å². The largest absolute Gasteiger partial charge is 0.444 e. The lowest BCUT2D eigenvalue weighted by Gasteiger charge is -2.46. The molecular formula is C27H37FN5O3+. The first-order valence-electron chi connectivity index (χ1n) is 12.1. The summed E-state index contributed by atoms with van der Waals surface area (Å²) in [4.78, 5) is 37.0. The highest BCUT2D eigenvalue weighted by atomic mass is 19.1. The van der Waals surface area contributed by atoms with Crippen LogP contribution in [0, 0.1) is 11.7 Å². The number of imidazole rings is 1. The topological polar surface area (TPSA) is 104 Å². The number of hydrogen-bond acceptors (Lipinski definition) is 4. The number of carbonyl (C=O) groups excluding carboxylic acids is 2. The van der Waals surface area contributed by atoms with Gasteiger partial charge < -0.3 is 19.5 Å². The van der Waals surface area contributed by atoms with Gasteiger partial charge in [0.25, 0.3) is 5.91 Å². The van der Waals surface area contributed by atoms with Gasteiger partial charge >= 0.3 is 6.09 Å². The quantitative estimate of drug-likeness (QED) is 0.617. The van der Waals surface area contributed by atoms with Crippen LogP contribution in [0.4, 0.5) is 9.18 Å². The fourth-order valence-electron chi connectivity index (χ4n) is 4.14. The van der Waals surface area contributed by atoms with Crippen LogP contribution in [0.3, 0.4) is 0 Å². The predicted octanol–water partition coefficient (Wildman–Crippen LogP) is 3.31. The number of amides is 2. The second-order valence-electron chi connectivity index (χ2n) is 11.0. The third-order valence-electron chi connectivity index (χ3n) is 5.99. The molecule has 0 spiro atoms. The molecule has 0 saturated carbocycles. The number of rotatable bonds is 5. The van der Waals surface area contributed by atoms with Crippen LogP contribution in [0.25, 0.3) is 5.57 Å². The Morgan fingerprint density at radius 3 is 2.39 bits per heavy atom. The molecule has 3 rings (SSSR count). The van der Waals surface area contributed by atoms with Crippen molar-refractivity contribution in [1.29, 1.82) is 0 Å². The van der Waals surface area contributed by atoms with Gasteiger partial charge in [-0.05, 0) is 64.8 Å². The van der Waals surface area contributed by atoms with E-state index in [1.54, 1.807) is 28.0 Å². The monoisotopic (exact) mass is 498 g/mol. The summed E-state index contributed by atoms with van der Waals surface area (Å²) >= 11 is 0. The van der Waals surface area contributed by atoms with Gasteiger partial charge in [0.2, 0.25) is 5.71 Å². The van der Waals surface area contributed by atoms with E-state index in [4.69, 9.17) is 10.1 Å². The average molecular weight is 499 g/mol. The number of carbonyl (C=O) groups is 2. The third kappa shape index (κ3) is 6.38. The molecule has 1 fully saturated rings. The molecule has 0 unspecified atom stereocenters. The molecular weight excluding hydrogens is 461 g/mol. The smallest absolute Gasteiger partial charge is 0.410 e. The summed E-state index contributed by atoms with van der Waals surface area (Å²) < 4.78 is 18.8. The minimum absolute atomic E-state index is 0.0620. The Hall–Kier alpha value is -3.49. The lowest BCUT2D eigenvalue weighted by Crippen LogP contribution is -2.62. The molecule has 2 heterocycles. The van der Waals surface area contributed by atoms with Crippen molar-refractivity contribution in [3.8, 4) is 0 Å². The Bertz CT molecular complexity index is 1160. The molecule has 1 aromatic heterocycles. The van der Waals surface area contributed by atoms with Gasteiger partial charge in [-0.1, -0.05) is 13.8 Å². The highest BCUT2D eigenvalue weighted by Crippen LogP contribution is 2.26. The zero-order chi connectivity index (χ0) is 26.8. The van der Waals surface area contributed by atoms with Crippen molar-refractivity contribution in [3.63, 3.8) is 0 Å². The Balaban J connectivity index is 1.78. The van der Waals surface area contributed by atoms with Gasteiger partial charge in [-0.3, -0.25) is 10.2 Å². The van der Waals surface area contributed by atoms with Crippen LogP contribution in [-0.4, -0.2) is 68.3 Å². The number of aromatic amines is 1. The molecule has 1 aliphatic heterocycles. The third-order valence-corrected chi connectivity index (χ3v) is 5.99. The number of nitrogens with two attached hydrogens (primary N) is 1. The first-order chi connectivity index (χ1) is 16.7. The highest BCUT2D eigenvalue weighted by Gasteiger charge is 2.40. The molecule has 0 aliphatic carbocycles. The summed E-state index contributed by atoms with van der Waals surface area (Å²) in [6, 6.07) is 5.96. The van der Waals surface area contributed by atoms with E-state index in [1.165, 1.54) is 18.3 Å². The van der Waals surface area contributed by atoms with Gasteiger partial charge in [0.1, 0.15) is 22.9 Å². The molecule has 0 atom stereocenters. The molecule has 0 bridgehead atoms. The molecule has 9 heteroatoms. The fraction of sp³-hybridized carbons (Fsp3) is 0.481. The molecule has 1 aromatic carbocycles. The normalized spacial score (nSPS) is 16.3. The number of hydrogen-bond donors (Lipinski definition) is 2. The summed E-state index contributed by atoms with van der Waals surface area (Å²) in [5, 5.41) is 6.27.